The highest BCUT2D eigenvalue weighted by Crippen LogP contribution is 2.26. The number of nitrogens with one attached hydrogen (secondary N) is 2. The predicted octanol–water partition coefficient (Wildman–Crippen LogP) is 3.38. The molecule has 4 rings (SSSR count). The molecule has 2 aliphatic rings. The smallest absolute Gasteiger partial charge is 0.270 e. The first-order valence-electron chi connectivity index (χ1n) is 11.7. The fourth-order valence-electron chi connectivity index (χ4n) is 4.50. The normalized spacial score (nSPS) is 20.3. The monoisotopic (exact) mass is 472 g/mol. The van der Waals surface area contributed by atoms with Crippen LogP contribution >= 0.6 is 0 Å². The molecule has 2 amide bonds. The summed E-state index contributed by atoms with van der Waals surface area (Å²) in [5.74, 6) is -0.760. The maximum atomic E-state index is 13.3. The van der Waals surface area contributed by atoms with Crippen molar-refractivity contribution in [3.05, 3.63) is 47.8 Å². The number of rotatable bonds is 5. The molecule has 33 heavy (non-hydrogen) atoms. The van der Waals surface area contributed by atoms with E-state index >= 15 is 0 Å². The summed E-state index contributed by atoms with van der Waals surface area (Å²) in [4.78, 5) is 30.3. The fourth-order valence-corrected chi connectivity index (χ4v) is 6.01. The average molecular weight is 473 g/mol. The summed E-state index contributed by atoms with van der Waals surface area (Å²) in [7, 11) is -3.81. The predicted molar refractivity (Wildman–Crippen MR) is 126 cm³/mol. The molecule has 0 radical (unpaired) electrons. The molecule has 0 spiro atoms. The van der Waals surface area contributed by atoms with Crippen molar-refractivity contribution in [3.8, 4) is 0 Å². The van der Waals surface area contributed by atoms with Crippen molar-refractivity contribution < 1.29 is 18.0 Å². The lowest BCUT2D eigenvalue weighted by Gasteiger charge is -2.31. The van der Waals surface area contributed by atoms with Gasteiger partial charge in [-0.25, -0.2) is 8.42 Å². The number of carbonyl (C=O) groups is 2. The van der Waals surface area contributed by atoms with Gasteiger partial charge in [0, 0.05) is 38.1 Å². The Bertz CT molecular complexity index is 1090. The van der Waals surface area contributed by atoms with Crippen LogP contribution in [0, 0.1) is 12.8 Å². The van der Waals surface area contributed by atoms with Crippen LogP contribution < -0.4 is 5.32 Å². The Labute approximate surface area is 195 Å². The molecule has 0 unspecified atom stereocenters. The molecule has 0 saturated carbocycles. The van der Waals surface area contributed by atoms with Crippen molar-refractivity contribution in [3.63, 3.8) is 0 Å². The molecule has 8 nitrogen and oxygen atoms in total. The minimum absolute atomic E-state index is 0.0697. The Morgan fingerprint density at radius 1 is 1.00 bits per heavy atom. The van der Waals surface area contributed by atoms with Crippen molar-refractivity contribution in [1.29, 1.82) is 0 Å². The number of aromatic nitrogens is 1. The number of H-pyrrole nitrogens is 1. The van der Waals surface area contributed by atoms with Crippen LogP contribution in [-0.2, 0) is 14.8 Å². The molecule has 1 aromatic carbocycles. The van der Waals surface area contributed by atoms with E-state index in [0.29, 0.717) is 43.9 Å². The van der Waals surface area contributed by atoms with Crippen LogP contribution in [0.15, 0.2) is 41.4 Å². The number of carbonyl (C=O) groups excluding carboxylic acids is 2. The van der Waals surface area contributed by atoms with Gasteiger partial charge >= 0.3 is 0 Å². The van der Waals surface area contributed by atoms with Gasteiger partial charge < -0.3 is 15.2 Å². The van der Waals surface area contributed by atoms with Gasteiger partial charge in [-0.05, 0) is 50.8 Å². The summed E-state index contributed by atoms with van der Waals surface area (Å²) in [5.41, 5.74) is 2.09. The van der Waals surface area contributed by atoms with E-state index in [1.54, 1.807) is 4.90 Å². The number of sulfonamides is 1. The molecule has 0 aliphatic carbocycles. The highest BCUT2D eigenvalue weighted by atomic mass is 32.2. The summed E-state index contributed by atoms with van der Waals surface area (Å²) >= 11 is 0. The van der Waals surface area contributed by atoms with E-state index in [0.717, 1.165) is 31.2 Å². The molecule has 3 heterocycles. The number of nitrogens with zero attached hydrogens (tertiary/aromatic N) is 2. The van der Waals surface area contributed by atoms with Crippen molar-refractivity contribution in [1.82, 2.24) is 14.2 Å². The van der Waals surface area contributed by atoms with Crippen molar-refractivity contribution >= 4 is 27.5 Å². The molecule has 2 fully saturated rings. The zero-order chi connectivity index (χ0) is 23.4. The summed E-state index contributed by atoms with van der Waals surface area (Å²) in [6.07, 6.45) is 6.79. The lowest BCUT2D eigenvalue weighted by molar-refractivity contribution is -0.120. The Morgan fingerprint density at radius 3 is 2.39 bits per heavy atom. The second kappa shape index (κ2) is 10.1. The Hall–Kier alpha value is -2.65. The van der Waals surface area contributed by atoms with Crippen LogP contribution in [0.5, 0.6) is 0 Å². The summed E-state index contributed by atoms with van der Waals surface area (Å²) in [6, 6.07) is 8.95. The molecule has 1 aromatic heterocycles. The third kappa shape index (κ3) is 5.47. The minimum atomic E-state index is -3.81. The lowest BCUT2D eigenvalue weighted by Crippen LogP contribution is -2.43. The van der Waals surface area contributed by atoms with Gasteiger partial charge in [-0.15, -0.1) is 0 Å². The van der Waals surface area contributed by atoms with Gasteiger partial charge in [0.05, 0.1) is 5.92 Å². The SMILES string of the molecule is Cc1ccc(NC(=O)[C@H]2CCCN(S(=O)(=O)c3c[nH]c(C(=O)N4CCCCCC4)c3)C2)cc1. The minimum Gasteiger partial charge on any atom is -0.356 e. The first-order chi connectivity index (χ1) is 15.8. The number of aromatic amines is 1. The number of aryl methyl sites for hydroxylation is 1. The lowest BCUT2D eigenvalue weighted by atomic mass is 9.98. The van der Waals surface area contributed by atoms with Gasteiger partial charge in [-0.1, -0.05) is 30.5 Å². The number of piperidine rings is 1. The largest absolute Gasteiger partial charge is 0.356 e. The van der Waals surface area contributed by atoms with Gasteiger partial charge in [0.25, 0.3) is 5.91 Å². The second-order valence-corrected chi connectivity index (χ2v) is 11.0. The van der Waals surface area contributed by atoms with E-state index in [1.807, 2.05) is 31.2 Å². The molecule has 2 aromatic rings. The van der Waals surface area contributed by atoms with E-state index in [-0.39, 0.29) is 23.3 Å². The number of anilines is 1. The molecule has 2 aliphatic heterocycles. The van der Waals surface area contributed by atoms with E-state index in [4.69, 9.17) is 0 Å². The molecular weight excluding hydrogens is 440 g/mol. The van der Waals surface area contributed by atoms with Gasteiger partial charge in [-0.2, -0.15) is 4.31 Å². The Kier molecular flexibility index (Phi) is 7.19. The molecule has 178 valence electrons. The highest BCUT2D eigenvalue weighted by Gasteiger charge is 2.34. The van der Waals surface area contributed by atoms with E-state index in [2.05, 4.69) is 10.3 Å². The standard InChI is InChI=1S/C24H32N4O4S/c1-18-8-10-20(11-9-18)26-23(29)19-7-6-14-28(17-19)33(31,32)21-15-22(25-16-21)24(30)27-12-4-2-3-5-13-27/h8-11,15-16,19,25H,2-7,12-14,17H2,1H3,(H,26,29)/t19-/m0/s1. The van der Waals surface area contributed by atoms with Gasteiger partial charge in [-0.3, -0.25) is 9.59 Å². The highest BCUT2D eigenvalue weighted by molar-refractivity contribution is 7.89. The number of benzene rings is 1. The van der Waals surface area contributed by atoms with Crippen LogP contribution in [0.2, 0.25) is 0 Å². The Balaban J connectivity index is 1.43. The molecular formula is C24H32N4O4S. The summed E-state index contributed by atoms with van der Waals surface area (Å²) in [6.45, 7) is 3.86. The first-order valence-corrected chi connectivity index (χ1v) is 13.1. The number of hydrogen-bond acceptors (Lipinski definition) is 4. The zero-order valence-corrected chi connectivity index (χ0v) is 19.9. The quantitative estimate of drug-likeness (QED) is 0.696. The van der Waals surface area contributed by atoms with Gasteiger partial charge in [0.1, 0.15) is 10.6 Å². The van der Waals surface area contributed by atoms with Crippen LogP contribution in [0.1, 0.15) is 54.6 Å². The number of hydrogen-bond donors (Lipinski definition) is 2. The van der Waals surface area contributed by atoms with Gasteiger partial charge in [0.15, 0.2) is 0 Å². The summed E-state index contributed by atoms with van der Waals surface area (Å²) in [5, 5.41) is 2.89. The van der Waals surface area contributed by atoms with Crippen LogP contribution in [-0.4, -0.2) is 60.6 Å². The molecule has 1 atom stereocenters. The third-order valence-electron chi connectivity index (χ3n) is 6.49. The third-order valence-corrected chi connectivity index (χ3v) is 8.33. The van der Waals surface area contributed by atoms with Crippen LogP contribution in [0.25, 0.3) is 0 Å². The average Bonchev–Trinajstić information content (AvgIpc) is 3.17. The summed E-state index contributed by atoms with van der Waals surface area (Å²) < 4.78 is 27.9. The topological polar surface area (TPSA) is 103 Å². The van der Waals surface area contributed by atoms with Crippen molar-refractivity contribution in [2.75, 3.05) is 31.5 Å². The van der Waals surface area contributed by atoms with Crippen LogP contribution in [0.4, 0.5) is 5.69 Å². The van der Waals surface area contributed by atoms with Gasteiger partial charge in [0.2, 0.25) is 15.9 Å². The van der Waals surface area contributed by atoms with Crippen LogP contribution in [0.3, 0.4) is 0 Å². The first kappa shape index (κ1) is 23.5. The Morgan fingerprint density at radius 2 is 1.70 bits per heavy atom. The second-order valence-electron chi connectivity index (χ2n) is 9.01. The molecule has 0 bridgehead atoms. The van der Waals surface area contributed by atoms with E-state index in [9.17, 15) is 18.0 Å². The number of likely N-dealkylation sites (tertiary alicyclic amines) is 1. The fraction of sp³-hybridized carbons (Fsp3) is 0.500. The molecule has 9 heteroatoms. The zero-order valence-electron chi connectivity index (χ0n) is 19.0. The maximum absolute atomic E-state index is 13.3. The molecule has 2 saturated heterocycles. The van der Waals surface area contributed by atoms with E-state index in [1.165, 1.54) is 16.6 Å². The van der Waals surface area contributed by atoms with E-state index < -0.39 is 15.9 Å². The van der Waals surface area contributed by atoms with Crippen molar-refractivity contribution in [2.24, 2.45) is 5.92 Å². The van der Waals surface area contributed by atoms with Crippen molar-refractivity contribution in [2.45, 2.75) is 50.3 Å². The number of amides is 2. The maximum Gasteiger partial charge on any atom is 0.270 e. The molecule has 2 N–H and O–H groups in total.